The van der Waals surface area contributed by atoms with Gasteiger partial charge in [0.05, 0.1) is 5.70 Å². The molecule has 1 amide bonds. The van der Waals surface area contributed by atoms with E-state index in [0.29, 0.717) is 16.5 Å². The number of ether oxygens (including phenoxy) is 1. The molecule has 14 nitrogen and oxygen atoms in total. The third-order valence-electron chi connectivity index (χ3n) is 5.59. The van der Waals surface area contributed by atoms with E-state index in [4.69, 9.17) is 4.74 Å². The van der Waals surface area contributed by atoms with E-state index in [1.54, 1.807) is 34.9 Å². The molecule has 4 heterocycles. The van der Waals surface area contributed by atoms with E-state index in [9.17, 15) is 18.0 Å². The molecule has 0 spiro atoms. The predicted molar refractivity (Wildman–Crippen MR) is 124 cm³/mol. The number of tetrazole rings is 2. The second-order valence-electron chi connectivity index (χ2n) is 9.02. The standard InChI is InChI=1S/C18H25N9O5S3/c1-18(2,3)12(28)10-9(7-8-33-16-19-21-23-25(16)4)15(34-17-20-22-24-26(17)5)35(30,31)14-11(32-6)13(29)27(10)14/h11,14-15H,7-8H2,1-6H3. The maximum Gasteiger partial charge on any atom is 0.260 e. The van der Waals surface area contributed by atoms with Gasteiger partial charge in [0, 0.05) is 32.4 Å². The van der Waals surface area contributed by atoms with Gasteiger partial charge in [0.2, 0.25) is 10.3 Å². The first-order chi connectivity index (χ1) is 16.4. The molecule has 2 aromatic rings. The maximum absolute atomic E-state index is 13.8. The molecule has 3 unspecified atom stereocenters. The Balaban J connectivity index is 1.84. The molecular weight excluding hydrogens is 518 g/mol. The first-order valence-corrected chi connectivity index (χ1v) is 14.0. The molecule has 1 saturated heterocycles. The van der Waals surface area contributed by atoms with Gasteiger partial charge in [-0.25, -0.2) is 17.8 Å². The lowest BCUT2D eigenvalue weighted by Gasteiger charge is -2.51. The van der Waals surface area contributed by atoms with Crippen molar-refractivity contribution in [2.75, 3.05) is 12.9 Å². The number of Topliss-reactive ketones (excluding diaryl/α,β-unsaturated/α-hetero) is 1. The lowest BCUT2D eigenvalue weighted by molar-refractivity contribution is -0.161. The number of amides is 1. The molecule has 2 aliphatic heterocycles. The Kier molecular flexibility index (Phi) is 6.80. The van der Waals surface area contributed by atoms with Crippen molar-refractivity contribution in [1.29, 1.82) is 0 Å². The quantitative estimate of drug-likeness (QED) is 0.318. The number of thioether (sulfide) groups is 2. The molecule has 0 aromatic carbocycles. The molecule has 0 bridgehead atoms. The highest BCUT2D eigenvalue weighted by Crippen LogP contribution is 2.48. The van der Waals surface area contributed by atoms with Crippen LogP contribution in [0.2, 0.25) is 0 Å². The number of β-lactam (4-membered cyclic amide) rings is 1. The summed E-state index contributed by atoms with van der Waals surface area (Å²) >= 11 is 2.24. The monoisotopic (exact) mass is 543 g/mol. The third kappa shape index (κ3) is 4.38. The molecule has 190 valence electrons. The fraction of sp³-hybridized carbons (Fsp3) is 0.667. The number of sulfone groups is 1. The number of carbonyl (C=O) groups excluding carboxylic acids is 2. The van der Waals surface area contributed by atoms with Gasteiger partial charge in [0.15, 0.2) is 27.1 Å². The minimum absolute atomic E-state index is 0.0972. The number of rotatable bonds is 8. The van der Waals surface area contributed by atoms with Crippen LogP contribution in [0.4, 0.5) is 0 Å². The lowest BCUT2D eigenvalue weighted by Crippen LogP contribution is -2.72. The molecule has 17 heteroatoms. The molecule has 0 radical (unpaired) electrons. The zero-order valence-corrected chi connectivity index (χ0v) is 22.4. The highest BCUT2D eigenvalue weighted by atomic mass is 32.3. The van der Waals surface area contributed by atoms with Crippen molar-refractivity contribution < 1.29 is 22.7 Å². The smallest absolute Gasteiger partial charge is 0.260 e. The second-order valence-corrected chi connectivity index (χ2v) is 13.6. The highest BCUT2D eigenvalue weighted by Gasteiger charge is 2.64. The van der Waals surface area contributed by atoms with Crippen LogP contribution in [-0.4, -0.2) is 94.3 Å². The van der Waals surface area contributed by atoms with Crippen LogP contribution in [0.25, 0.3) is 0 Å². The Labute approximate surface area is 210 Å². The van der Waals surface area contributed by atoms with Crippen molar-refractivity contribution in [2.45, 2.75) is 53.6 Å². The maximum atomic E-state index is 13.8. The van der Waals surface area contributed by atoms with Crippen LogP contribution in [0.15, 0.2) is 21.6 Å². The van der Waals surface area contributed by atoms with Crippen molar-refractivity contribution in [3.63, 3.8) is 0 Å². The van der Waals surface area contributed by atoms with E-state index in [1.165, 1.54) is 28.2 Å². The molecule has 4 rings (SSSR count). The number of allylic oxidation sites excluding steroid dienone is 1. The predicted octanol–water partition coefficient (Wildman–Crippen LogP) is -0.185. The minimum atomic E-state index is -4.04. The molecule has 35 heavy (non-hydrogen) atoms. The average Bonchev–Trinajstić information content (AvgIpc) is 3.37. The van der Waals surface area contributed by atoms with Crippen molar-refractivity contribution >= 4 is 45.1 Å². The largest absolute Gasteiger partial charge is 0.368 e. The third-order valence-corrected chi connectivity index (χ3v) is 10.8. The van der Waals surface area contributed by atoms with Crippen LogP contribution < -0.4 is 0 Å². The summed E-state index contributed by atoms with van der Waals surface area (Å²) in [5, 5.41) is 22.1. The van der Waals surface area contributed by atoms with Crippen LogP contribution in [0.1, 0.15) is 27.2 Å². The van der Waals surface area contributed by atoms with E-state index in [-0.39, 0.29) is 23.1 Å². The average molecular weight is 544 g/mol. The van der Waals surface area contributed by atoms with Gasteiger partial charge in [-0.15, -0.1) is 10.2 Å². The molecule has 3 atom stereocenters. The summed E-state index contributed by atoms with van der Waals surface area (Å²) in [6.45, 7) is 5.18. The van der Waals surface area contributed by atoms with Crippen LogP contribution in [0.5, 0.6) is 0 Å². The number of ketones is 1. The SMILES string of the molecule is COC1C(=O)N2C(C(=O)C(C)(C)C)=C(CCSc3nnnn3C)C(Sc3nnnn3C)S(=O)(=O)C12. The fourth-order valence-electron chi connectivity index (χ4n) is 3.80. The summed E-state index contributed by atoms with van der Waals surface area (Å²) in [5.74, 6) is -0.517. The topological polar surface area (TPSA) is 168 Å². The number of carbonyl (C=O) groups is 2. The lowest BCUT2D eigenvalue weighted by atomic mass is 9.85. The Bertz CT molecular complexity index is 1300. The Morgan fingerprint density at radius 3 is 2.20 bits per heavy atom. The number of hydrogen-bond donors (Lipinski definition) is 0. The van der Waals surface area contributed by atoms with Crippen LogP contribution in [-0.2, 0) is 38.3 Å². The molecular formula is C18H25N9O5S3. The number of methoxy groups -OCH3 is 1. The molecule has 2 aromatic heterocycles. The van der Waals surface area contributed by atoms with Gasteiger partial charge in [0.1, 0.15) is 4.58 Å². The molecule has 2 aliphatic rings. The Morgan fingerprint density at radius 1 is 1.09 bits per heavy atom. The molecule has 0 N–H and O–H groups in total. The number of aryl methyl sites for hydroxylation is 2. The van der Waals surface area contributed by atoms with Gasteiger partial charge in [0.25, 0.3) is 5.91 Å². The number of aromatic nitrogens is 8. The Morgan fingerprint density at radius 2 is 1.69 bits per heavy atom. The zero-order valence-electron chi connectivity index (χ0n) is 19.9. The zero-order chi connectivity index (χ0) is 25.7. The van der Waals surface area contributed by atoms with Gasteiger partial charge in [-0.1, -0.05) is 44.3 Å². The van der Waals surface area contributed by atoms with E-state index >= 15 is 0 Å². The minimum Gasteiger partial charge on any atom is -0.368 e. The number of hydrogen-bond acceptors (Lipinski definition) is 13. The van der Waals surface area contributed by atoms with Gasteiger partial charge in [-0.2, -0.15) is 0 Å². The highest BCUT2D eigenvalue weighted by molar-refractivity contribution is 8.14. The van der Waals surface area contributed by atoms with Gasteiger partial charge in [-0.3, -0.25) is 14.5 Å². The van der Waals surface area contributed by atoms with E-state index in [1.807, 2.05) is 0 Å². The van der Waals surface area contributed by atoms with Gasteiger partial charge in [-0.05, 0) is 32.8 Å². The van der Waals surface area contributed by atoms with E-state index in [2.05, 4.69) is 31.1 Å². The number of nitrogens with zero attached hydrogens (tertiary/aromatic N) is 9. The van der Waals surface area contributed by atoms with Gasteiger partial charge >= 0.3 is 0 Å². The van der Waals surface area contributed by atoms with Crippen LogP contribution in [0, 0.1) is 5.41 Å². The molecule has 0 aliphatic carbocycles. The number of fused-ring (bicyclic) bond motifs is 1. The normalized spacial score (nSPS) is 23.9. The summed E-state index contributed by atoms with van der Waals surface area (Å²) in [6.07, 6.45) is -1.01. The van der Waals surface area contributed by atoms with Crippen molar-refractivity contribution in [3.05, 3.63) is 11.3 Å². The first kappa shape index (κ1) is 25.7. The van der Waals surface area contributed by atoms with Crippen molar-refractivity contribution in [1.82, 2.24) is 45.3 Å². The summed E-state index contributed by atoms with van der Waals surface area (Å²) < 4.78 is 34.5. The summed E-state index contributed by atoms with van der Waals surface area (Å²) in [4.78, 5) is 27.7. The van der Waals surface area contributed by atoms with Crippen molar-refractivity contribution in [3.8, 4) is 0 Å². The summed E-state index contributed by atoms with van der Waals surface area (Å²) in [6, 6.07) is 0. The fourth-order valence-corrected chi connectivity index (χ4v) is 8.55. The van der Waals surface area contributed by atoms with E-state index < -0.39 is 37.2 Å². The van der Waals surface area contributed by atoms with Crippen molar-refractivity contribution in [2.24, 2.45) is 19.5 Å². The Hall–Kier alpha value is -2.37. The van der Waals surface area contributed by atoms with Crippen LogP contribution >= 0.6 is 23.5 Å². The summed E-state index contributed by atoms with van der Waals surface area (Å²) in [5.41, 5.74) is -0.452. The molecule has 0 saturated carbocycles. The first-order valence-electron chi connectivity index (χ1n) is 10.5. The van der Waals surface area contributed by atoms with Crippen LogP contribution in [0.3, 0.4) is 0 Å². The second kappa shape index (κ2) is 9.25. The van der Waals surface area contributed by atoms with Gasteiger partial charge < -0.3 is 4.74 Å². The summed E-state index contributed by atoms with van der Waals surface area (Å²) in [7, 11) is 0.525. The van der Waals surface area contributed by atoms with E-state index in [0.717, 1.165) is 16.7 Å². The molecule has 1 fully saturated rings.